The molecule has 1 unspecified atom stereocenters. The summed E-state index contributed by atoms with van der Waals surface area (Å²) < 4.78 is 0. The van der Waals surface area contributed by atoms with Crippen LogP contribution < -0.4 is 5.32 Å². The van der Waals surface area contributed by atoms with Crippen LogP contribution in [0.4, 0.5) is 0 Å². The molecular formula is C15H27N3. The first-order valence-corrected chi connectivity index (χ1v) is 7.15. The second kappa shape index (κ2) is 9.06. The number of aromatic nitrogens is 1. The van der Waals surface area contributed by atoms with E-state index in [4.69, 9.17) is 0 Å². The summed E-state index contributed by atoms with van der Waals surface area (Å²) in [4.78, 5) is 6.61. The first-order chi connectivity index (χ1) is 8.81. The maximum absolute atomic E-state index is 4.07. The summed E-state index contributed by atoms with van der Waals surface area (Å²) in [7, 11) is 0. The highest BCUT2D eigenvalue weighted by Gasteiger charge is 2.14. The second-order valence-electron chi connectivity index (χ2n) is 4.68. The summed E-state index contributed by atoms with van der Waals surface area (Å²) in [6.07, 6.45) is 6.14. The fourth-order valence-electron chi connectivity index (χ4n) is 2.20. The molecule has 0 aliphatic carbocycles. The van der Waals surface area contributed by atoms with Crippen LogP contribution in [-0.2, 0) is 6.54 Å². The summed E-state index contributed by atoms with van der Waals surface area (Å²) in [5, 5.41) is 3.53. The van der Waals surface area contributed by atoms with E-state index < -0.39 is 0 Å². The van der Waals surface area contributed by atoms with Crippen LogP contribution in [0.5, 0.6) is 0 Å². The minimum atomic E-state index is 0.620. The van der Waals surface area contributed by atoms with Crippen molar-refractivity contribution in [2.75, 3.05) is 19.6 Å². The van der Waals surface area contributed by atoms with E-state index in [-0.39, 0.29) is 0 Å². The second-order valence-corrected chi connectivity index (χ2v) is 4.68. The minimum Gasteiger partial charge on any atom is -0.315 e. The van der Waals surface area contributed by atoms with Crippen LogP contribution in [0.25, 0.3) is 0 Å². The van der Waals surface area contributed by atoms with Crippen molar-refractivity contribution in [3.8, 4) is 0 Å². The van der Waals surface area contributed by atoms with Gasteiger partial charge in [0.2, 0.25) is 0 Å². The summed E-state index contributed by atoms with van der Waals surface area (Å²) in [6, 6.07) is 4.83. The zero-order valence-corrected chi connectivity index (χ0v) is 12.0. The van der Waals surface area contributed by atoms with Gasteiger partial charge in [0, 0.05) is 31.5 Å². The molecule has 0 amide bonds. The van der Waals surface area contributed by atoms with Gasteiger partial charge < -0.3 is 5.32 Å². The van der Waals surface area contributed by atoms with E-state index in [2.05, 4.69) is 48.1 Å². The molecule has 18 heavy (non-hydrogen) atoms. The van der Waals surface area contributed by atoms with Crippen molar-refractivity contribution in [3.05, 3.63) is 30.1 Å². The van der Waals surface area contributed by atoms with Gasteiger partial charge >= 0.3 is 0 Å². The highest BCUT2D eigenvalue weighted by molar-refractivity contribution is 5.09. The Hall–Kier alpha value is -0.930. The molecule has 0 fully saturated rings. The van der Waals surface area contributed by atoms with Gasteiger partial charge in [0.25, 0.3) is 0 Å². The molecule has 1 N–H and O–H groups in total. The molecule has 1 aromatic heterocycles. The van der Waals surface area contributed by atoms with Gasteiger partial charge in [0.05, 0.1) is 0 Å². The normalized spacial score (nSPS) is 12.9. The van der Waals surface area contributed by atoms with E-state index in [0.29, 0.717) is 6.04 Å². The van der Waals surface area contributed by atoms with Gasteiger partial charge in [-0.05, 0) is 43.6 Å². The van der Waals surface area contributed by atoms with Crippen molar-refractivity contribution in [2.24, 2.45) is 0 Å². The van der Waals surface area contributed by atoms with Crippen molar-refractivity contribution in [2.45, 2.75) is 46.2 Å². The number of hydrogen-bond acceptors (Lipinski definition) is 3. The first-order valence-electron chi connectivity index (χ1n) is 7.15. The smallest absolute Gasteiger partial charge is 0.0271 e. The standard InChI is InChI=1S/C15H27N3/c1-4-9-17-12-15(5-2)18(6-3)13-14-7-10-16-11-8-14/h7-8,10-11,15,17H,4-6,9,12-13H2,1-3H3. The topological polar surface area (TPSA) is 28.2 Å². The molecule has 3 heteroatoms. The highest BCUT2D eigenvalue weighted by atomic mass is 15.2. The average Bonchev–Trinajstić information content (AvgIpc) is 2.43. The van der Waals surface area contributed by atoms with E-state index in [1.807, 2.05) is 12.4 Å². The molecule has 3 nitrogen and oxygen atoms in total. The first kappa shape index (κ1) is 15.1. The molecule has 1 rings (SSSR count). The predicted molar refractivity (Wildman–Crippen MR) is 77.6 cm³/mol. The van der Waals surface area contributed by atoms with E-state index in [1.165, 1.54) is 18.4 Å². The maximum atomic E-state index is 4.07. The summed E-state index contributed by atoms with van der Waals surface area (Å²) in [5.74, 6) is 0. The molecule has 0 radical (unpaired) electrons. The van der Waals surface area contributed by atoms with E-state index in [9.17, 15) is 0 Å². The van der Waals surface area contributed by atoms with Crippen molar-refractivity contribution < 1.29 is 0 Å². The number of likely N-dealkylation sites (N-methyl/N-ethyl adjacent to an activating group) is 1. The van der Waals surface area contributed by atoms with Crippen LogP contribution >= 0.6 is 0 Å². The zero-order chi connectivity index (χ0) is 13.2. The van der Waals surface area contributed by atoms with Crippen molar-refractivity contribution in [1.82, 2.24) is 15.2 Å². The summed E-state index contributed by atoms with van der Waals surface area (Å²) in [5.41, 5.74) is 1.35. The van der Waals surface area contributed by atoms with Crippen LogP contribution in [0.15, 0.2) is 24.5 Å². The Bertz CT molecular complexity index is 300. The van der Waals surface area contributed by atoms with E-state index >= 15 is 0 Å². The highest BCUT2D eigenvalue weighted by Crippen LogP contribution is 2.09. The predicted octanol–water partition coefficient (Wildman–Crippen LogP) is 2.68. The Morgan fingerprint density at radius 3 is 2.50 bits per heavy atom. The zero-order valence-electron chi connectivity index (χ0n) is 12.0. The number of nitrogens with one attached hydrogen (secondary N) is 1. The molecule has 0 spiro atoms. The van der Waals surface area contributed by atoms with Crippen LogP contribution in [0, 0.1) is 0 Å². The van der Waals surface area contributed by atoms with Crippen LogP contribution in [-0.4, -0.2) is 35.6 Å². The molecule has 0 aliphatic heterocycles. The van der Waals surface area contributed by atoms with Crippen molar-refractivity contribution in [1.29, 1.82) is 0 Å². The maximum Gasteiger partial charge on any atom is 0.0271 e. The third kappa shape index (κ3) is 5.15. The minimum absolute atomic E-state index is 0.620. The number of rotatable bonds is 9. The van der Waals surface area contributed by atoms with E-state index in [0.717, 1.165) is 26.2 Å². The molecule has 1 aromatic rings. The third-order valence-corrected chi connectivity index (χ3v) is 3.34. The lowest BCUT2D eigenvalue weighted by Gasteiger charge is -2.30. The molecule has 102 valence electrons. The fraction of sp³-hybridized carbons (Fsp3) is 0.667. The number of pyridine rings is 1. The lowest BCUT2D eigenvalue weighted by Crippen LogP contribution is -2.41. The largest absolute Gasteiger partial charge is 0.315 e. The van der Waals surface area contributed by atoms with Gasteiger partial charge in [0.1, 0.15) is 0 Å². The van der Waals surface area contributed by atoms with Crippen LogP contribution in [0.1, 0.15) is 39.2 Å². The van der Waals surface area contributed by atoms with E-state index in [1.54, 1.807) is 0 Å². The van der Waals surface area contributed by atoms with Crippen molar-refractivity contribution in [3.63, 3.8) is 0 Å². The summed E-state index contributed by atoms with van der Waals surface area (Å²) in [6.45, 7) is 11.0. The van der Waals surface area contributed by atoms with Crippen LogP contribution in [0.2, 0.25) is 0 Å². The molecule has 0 saturated carbocycles. The molecule has 1 heterocycles. The summed E-state index contributed by atoms with van der Waals surface area (Å²) >= 11 is 0. The van der Waals surface area contributed by atoms with Gasteiger partial charge in [-0.1, -0.05) is 20.8 Å². The molecule has 0 saturated heterocycles. The fourth-order valence-corrected chi connectivity index (χ4v) is 2.20. The molecule has 0 bridgehead atoms. The third-order valence-electron chi connectivity index (χ3n) is 3.34. The van der Waals surface area contributed by atoms with Crippen molar-refractivity contribution >= 4 is 0 Å². The van der Waals surface area contributed by atoms with Crippen LogP contribution in [0.3, 0.4) is 0 Å². The van der Waals surface area contributed by atoms with Gasteiger partial charge in [0.15, 0.2) is 0 Å². The molecule has 0 aromatic carbocycles. The van der Waals surface area contributed by atoms with Gasteiger partial charge in [-0.25, -0.2) is 0 Å². The SMILES string of the molecule is CCCNCC(CC)N(CC)Cc1ccncc1. The molecule has 0 aliphatic rings. The molecular weight excluding hydrogens is 222 g/mol. The van der Waals surface area contributed by atoms with Gasteiger partial charge in [-0.3, -0.25) is 9.88 Å². The lowest BCUT2D eigenvalue weighted by atomic mass is 10.1. The Kier molecular flexibility index (Phi) is 7.62. The van der Waals surface area contributed by atoms with Gasteiger partial charge in [-0.2, -0.15) is 0 Å². The monoisotopic (exact) mass is 249 g/mol. The van der Waals surface area contributed by atoms with Gasteiger partial charge in [-0.15, -0.1) is 0 Å². The average molecular weight is 249 g/mol. The Morgan fingerprint density at radius 2 is 1.94 bits per heavy atom. The molecule has 1 atom stereocenters. The quantitative estimate of drug-likeness (QED) is 0.682. The number of hydrogen-bond donors (Lipinski definition) is 1. The number of nitrogens with zero attached hydrogens (tertiary/aromatic N) is 2. The Labute approximate surface area is 112 Å². The Balaban J connectivity index is 2.51. The lowest BCUT2D eigenvalue weighted by molar-refractivity contribution is 0.187. The Morgan fingerprint density at radius 1 is 1.22 bits per heavy atom.